The largest absolute Gasteiger partial charge is 0.486 e. The highest BCUT2D eigenvalue weighted by Crippen LogP contribution is 2.35. The Balaban J connectivity index is 2.13. The summed E-state index contributed by atoms with van der Waals surface area (Å²) >= 11 is 0. The molecule has 10 nitrogen and oxygen atoms in total. The van der Waals surface area contributed by atoms with Gasteiger partial charge in [0.15, 0.2) is 11.5 Å². The summed E-state index contributed by atoms with van der Waals surface area (Å²) in [6, 6.07) is 7.84. The third kappa shape index (κ3) is 4.09. The van der Waals surface area contributed by atoms with Gasteiger partial charge in [0.05, 0.1) is 22.6 Å². The van der Waals surface area contributed by atoms with Crippen LogP contribution in [-0.2, 0) is 19.6 Å². The lowest BCUT2D eigenvalue weighted by Gasteiger charge is -2.26. The number of carbonyl (C=O) groups excluding carboxylic acids is 1. The van der Waals surface area contributed by atoms with Crippen molar-refractivity contribution in [2.24, 2.45) is 0 Å². The smallest absolute Gasteiger partial charge is 0.326 e. The number of carbonyl (C=O) groups is 1. The number of ether oxygens (including phenoxy) is 3. The van der Waals surface area contributed by atoms with Crippen LogP contribution in [0.1, 0.15) is 5.56 Å². The molecule has 0 unspecified atom stereocenters. The number of hydrogen-bond acceptors (Lipinski definition) is 8. The van der Waals surface area contributed by atoms with Gasteiger partial charge in [0.1, 0.15) is 19.8 Å². The first-order valence-electron chi connectivity index (χ1n) is 8.48. The summed E-state index contributed by atoms with van der Waals surface area (Å²) in [5, 5.41) is 11.2. The van der Waals surface area contributed by atoms with Crippen LogP contribution in [0, 0.1) is 17.0 Å². The molecule has 2 aromatic rings. The van der Waals surface area contributed by atoms with Gasteiger partial charge in [-0.2, -0.15) is 0 Å². The SMILES string of the molecule is COC(=O)CN(c1cc([N+](=O)[O-])ccc1C)S(=O)(=O)c1ccc2c(c1)OCCO2. The lowest BCUT2D eigenvalue weighted by molar-refractivity contribution is -0.384. The van der Waals surface area contributed by atoms with Crippen LogP contribution in [0.5, 0.6) is 11.5 Å². The van der Waals surface area contributed by atoms with Crippen molar-refractivity contribution in [3.8, 4) is 11.5 Å². The van der Waals surface area contributed by atoms with Crippen LogP contribution in [0.3, 0.4) is 0 Å². The van der Waals surface area contributed by atoms with E-state index in [1.165, 1.54) is 30.3 Å². The van der Waals surface area contributed by atoms with Crippen LogP contribution in [0.4, 0.5) is 11.4 Å². The molecule has 2 aromatic carbocycles. The number of rotatable bonds is 6. The van der Waals surface area contributed by atoms with Gasteiger partial charge in [0.25, 0.3) is 15.7 Å². The van der Waals surface area contributed by atoms with Crippen molar-refractivity contribution >= 4 is 27.4 Å². The molecule has 154 valence electrons. The summed E-state index contributed by atoms with van der Waals surface area (Å²) in [6.45, 7) is 1.55. The summed E-state index contributed by atoms with van der Waals surface area (Å²) in [7, 11) is -3.16. The van der Waals surface area contributed by atoms with E-state index in [0.29, 0.717) is 17.9 Å². The summed E-state index contributed by atoms with van der Waals surface area (Å²) < 4.78 is 42.9. The van der Waals surface area contributed by atoms with Crippen molar-refractivity contribution in [3.05, 3.63) is 52.1 Å². The second-order valence-electron chi connectivity index (χ2n) is 6.12. The van der Waals surface area contributed by atoms with Gasteiger partial charge in [-0.05, 0) is 24.6 Å². The van der Waals surface area contributed by atoms with Gasteiger partial charge in [-0.3, -0.25) is 19.2 Å². The number of anilines is 1. The fraction of sp³-hybridized carbons (Fsp3) is 0.278. The Morgan fingerprint density at radius 3 is 2.52 bits per heavy atom. The number of non-ortho nitro benzene ring substituents is 1. The molecule has 0 saturated heterocycles. The molecule has 0 N–H and O–H groups in total. The van der Waals surface area contributed by atoms with Crippen molar-refractivity contribution in [2.45, 2.75) is 11.8 Å². The predicted octanol–water partition coefficient (Wildman–Crippen LogP) is 2.04. The summed E-state index contributed by atoms with van der Waals surface area (Å²) in [6.07, 6.45) is 0. The molecule has 0 aliphatic carbocycles. The van der Waals surface area contributed by atoms with E-state index in [4.69, 9.17) is 9.47 Å². The van der Waals surface area contributed by atoms with Crippen LogP contribution in [0.15, 0.2) is 41.3 Å². The number of nitrogens with zero attached hydrogens (tertiary/aromatic N) is 2. The Bertz CT molecular complexity index is 1070. The third-order valence-corrected chi connectivity index (χ3v) is 6.03. The van der Waals surface area contributed by atoms with E-state index in [0.717, 1.165) is 17.5 Å². The molecule has 11 heteroatoms. The fourth-order valence-corrected chi connectivity index (χ4v) is 4.25. The van der Waals surface area contributed by atoms with E-state index in [1.807, 2.05) is 0 Å². The molecular formula is C18H18N2O8S. The predicted molar refractivity (Wildman–Crippen MR) is 102 cm³/mol. The Morgan fingerprint density at radius 1 is 1.17 bits per heavy atom. The number of nitro benzene ring substituents is 1. The molecule has 1 heterocycles. The van der Waals surface area contributed by atoms with Crippen LogP contribution in [0.25, 0.3) is 0 Å². The molecule has 1 aliphatic heterocycles. The fourth-order valence-electron chi connectivity index (χ4n) is 2.77. The highest BCUT2D eigenvalue weighted by Gasteiger charge is 2.31. The first-order valence-corrected chi connectivity index (χ1v) is 9.92. The van der Waals surface area contributed by atoms with Gasteiger partial charge in [0, 0.05) is 18.2 Å². The van der Waals surface area contributed by atoms with Gasteiger partial charge < -0.3 is 14.2 Å². The number of benzene rings is 2. The Labute approximate surface area is 166 Å². The quantitative estimate of drug-likeness (QED) is 0.393. The Morgan fingerprint density at radius 2 is 1.86 bits per heavy atom. The third-order valence-electron chi connectivity index (χ3n) is 4.27. The summed E-state index contributed by atoms with van der Waals surface area (Å²) in [4.78, 5) is 22.3. The van der Waals surface area contributed by atoms with Crippen LogP contribution in [-0.4, -0.2) is 46.2 Å². The zero-order valence-electron chi connectivity index (χ0n) is 15.7. The first kappa shape index (κ1) is 20.4. The lowest BCUT2D eigenvalue weighted by Crippen LogP contribution is -2.37. The molecule has 0 aromatic heterocycles. The molecule has 0 atom stereocenters. The average Bonchev–Trinajstić information content (AvgIpc) is 2.71. The van der Waals surface area contributed by atoms with E-state index >= 15 is 0 Å². The number of esters is 1. The van der Waals surface area contributed by atoms with Crippen molar-refractivity contribution in [1.82, 2.24) is 0 Å². The highest BCUT2D eigenvalue weighted by atomic mass is 32.2. The second kappa shape index (κ2) is 7.95. The molecule has 0 saturated carbocycles. The second-order valence-corrected chi connectivity index (χ2v) is 7.98. The minimum absolute atomic E-state index is 0.000473. The molecule has 0 fully saturated rings. The van der Waals surface area contributed by atoms with Crippen LogP contribution >= 0.6 is 0 Å². The molecule has 0 amide bonds. The number of hydrogen-bond donors (Lipinski definition) is 0. The number of methoxy groups -OCH3 is 1. The minimum atomic E-state index is -4.28. The summed E-state index contributed by atoms with van der Waals surface area (Å²) in [5.74, 6) is -0.163. The Kier molecular flexibility index (Phi) is 5.59. The van der Waals surface area contributed by atoms with Gasteiger partial charge in [-0.1, -0.05) is 6.07 Å². The molecule has 0 bridgehead atoms. The lowest BCUT2D eigenvalue weighted by atomic mass is 10.2. The van der Waals surface area contributed by atoms with Gasteiger partial charge in [-0.15, -0.1) is 0 Å². The van der Waals surface area contributed by atoms with Crippen molar-refractivity contribution < 1.29 is 32.3 Å². The highest BCUT2D eigenvalue weighted by molar-refractivity contribution is 7.92. The normalized spacial score (nSPS) is 12.9. The van der Waals surface area contributed by atoms with Gasteiger partial charge >= 0.3 is 5.97 Å². The molecular weight excluding hydrogens is 404 g/mol. The molecule has 29 heavy (non-hydrogen) atoms. The monoisotopic (exact) mass is 422 g/mol. The van der Waals surface area contributed by atoms with E-state index in [2.05, 4.69) is 4.74 Å². The van der Waals surface area contributed by atoms with Crippen molar-refractivity contribution in [1.29, 1.82) is 0 Å². The van der Waals surface area contributed by atoms with E-state index in [-0.39, 0.29) is 28.6 Å². The van der Waals surface area contributed by atoms with E-state index in [1.54, 1.807) is 6.92 Å². The zero-order valence-corrected chi connectivity index (χ0v) is 16.5. The van der Waals surface area contributed by atoms with Gasteiger partial charge in [-0.25, -0.2) is 8.42 Å². The standard InChI is InChI=1S/C18H18N2O8S/c1-12-3-4-13(20(22)23)9-15(12)19(11-18(21)26-2)29(24,25)14-5-6-16-17(10-14)28-8-7-27-16/h3-6,9-10H,7-8,11H2,1-2H3. The van der Waals surface area contributed by atoms with Gasteiger partial charge in [0.2, 0.25) is 0 Å². The Hall–Kier alpha value is -3.34. The number of nitro groups is 1. The maximum atomic E-state index is 13.4. The molecule has 0 spiro atoms. The summed E-state index contributed by atoms with van der Waals surface area (Å²) in [5.41, 5.74) is 0.123. The average molecular weight is 422 g/mol. The first-order chi connectivity index (χ1) is 13.7. The zero-order chi connectivity index (χ0) is 21.2. The number of aryl methyl sites for hydroxylation is 1. The maximum Gasteiger partial charge on any atom is 0.326 e. The number of fused-ring (bicyclic) bond motifs is 1. The maximum absolute atomic E-state index is 13.4. The minimum Gasteiger partial charge on any atom is -0.486 e. The number of sulfonamides is 1. The van der Waals surface area contributed by atoms with Crippen molar-refractivity contribution in [3.63, 3.8) is 0 Å². The van der Waals surface area contributed by atoms with Crippen molar-refractivity contribution in [2.75, 3.05) is 31.2 Å². The van der Waals surface area contributed by atoms with E-state index < -0.39 is 27.5 Å². The molecule has 0 radical (unpaired) electrons. The topological polar surface area (TPSA) is 125 Å². The van der Waals surface area contributed by atoms with Crippen LogP contribution < -0.4 is 13.8 Å². The molecule has 1 aliphatic rings. The molecule has 3 rings (SSSR count). The van der Waals surface area contributed by atoms with E-state index in [9.17, 15) is 23.3 Å². The van der Waals surface area contributed by atoms with Crippen LogP contribution in [0.2, 0.25) is 0 Å².